The zero-order valence-electron chi connectivity index (χ0n) is 11.8. The van der Waals surface area contributed by atoms with Crippen LogP contribution < -0.4 is 10.2 Å². The number of nitrogens with one attached hydrogen (secondary N) is 1. The molecular weight excluding hydrogens is 262 g/mol. The first-order valence-electron chi connectivity index (χ1n) is 6.22. The number of hydrogen-bond acceptors (Lipinski definition) is 5. The lowest BCUT2D eigenvalue weighted by Crippen LogP contribution is -2.33. The number of anilines is 2. The van der Waals surface area contributed by atoms with E-state index in [1.54, 1.807) is 30.9 Å². The van der Waals surface area contributed by atoms with Crippen LogP contribution in [-0.2, 0) is 0 Å². The second-order valence-electron chi connectivity index (χ2n) is 4.37. The van der Waals surface area contributed by atoms with Crippen LogP contribution in [0.15, 0.2) is 18.2 Å². The predicted octanol–water partition coefficient (Wildman–Crippen LogP) is 3.21. The molecule has 19 heavy (non-hydrogen) atoms. The highest BCUT2D eigenvalue weighted by atomic mass is 32.2. The number of rotatable bonds is 7. The molecule has 1 unspecified atom stereocenters. The fraction of sp³-hybridized carbons (Fsp3) is 0.538. The van der Waals surface area contributed by atoms with Crippen molar-refractivity contribution in [1.29, 1.82) is 0 Å². The third-order valence-electron chi connectivity index (χ3n) is 3.19. The average molecular weight is 283 g/mol. The third kappa shape index (κ3) is 4.02. The van der Waals surface area contributed by atoms with Gasteiger partial charge in [-0.15, -0.1) is 0 Å². The summed E-state index contributed by atoms with van der Waals surface area (Å²) in [5, 5.41) is 13.9. The highest BCUT2D eigenvalue weighted by Crippen LogP contribution is 2.28. The maximum atomic E-state index is 11.0. The third-order valence-corrected chi connectivity index (χ3v) is 3.91. The molecule has 0 amide bonds. The summed E-state index contributed by atoms with van der Waals surface area (Å²) >= 11 is 1.79. The Balaban J connectivity index is 3.10. The van der Waals surface area contributed by atoms with Gasteiger partial charge in [-0.3, -0.25) is 10.1 Å². The molecule has 0 heterocycles. The van der Waals surface area contributed by atoms with Gasteiger partial charge in [0.2, 0.25) is 0 Å². The monoisotopic (exact) mass is 283 g/mol. The van der Waals surface area contributed by atoms with Gasteiger partial charge < -0.3 is 10.2 Å². The van der Waals surface area contributed by atoms with Crippen molar-refractivity contribution in [3.05, 3.63) is 28.3 Å². The lowest BCUT2D eigenvalue weighted by Gasteiger charge is -2.29. The van der Waals surface area contributed by atoms with Gasteiger partial charge in [-0.25, -0.2) is 0 Å². The van der Waals surface area contributed by atoms with E-state index in [9.17, 15) is 10.1 Å². The second kappa shape index (κ2) is 7.23. The highest BCUT2D eigenvalue weighted by molar-refractivity contribution is 7.98. The molecule has 0 saturated heterocycles. The normalized spacial score (nSPS) is 12.0. The SMILES string of the molecule is CCC(CSC)N(C)c1cc(NC)cc([N+](=O)[O-])c1. The van der Waals surface area contributed by atoms with Crippen molar-refractivity contribution in [2.24, 2.45) is 0 Å². The summed E-state index contributed by atoms with van der Waals surface area (Å²) in [6.07, 6.45) is 3.08. The van der Waals surface area contributed by atoms with Crippen LogP contribution in [0.5, 0.6) is 0 Å². The van der Waals surface area contributed by atoms with E-state index in [2.05, 4.69) is 23.4 Å². The summed E-state index contributed by atoms with van der Waals surface area (Å²) in [5.74, 6) is 1.00. The molecule has 5 nitrogen and oxygen atoms in total. The Kier molecular flexibility index (Phi) is 5.95. The van der Waals surface area contributed by atoms with Crippen molar-refractivity contribution in [3.63, 3.8) is 0 Å². The van der Waals surface area contributed by atoms with Gasteiger partial charge >= 0.3 is 0 Å². The van der Waals surface area contributed by atoms with Crippen molar-refractivity contribution >= 4 is 28.8 Å². The average Bonchev–Trinajstić information content (AvgIpc) is 2.43. The van der Waals surface area contributed by atoms with Crippen LogP contribution in [0.4, 0.5) is 17.1 Å². The quantitative estimate of drug-likeness (QED) is 0.615. The summed E-state index contributed by atoms with van der Waals surface area (Å²) < 4.78 is 0. The first-order valence-corrected chi connectivity index (χ1v) is 7.61. The summed E-state index contributed by atoms with van der Waals surface area (Å²) in [6, 6.07) is 5.49. The van der Waals surface area contributed by atoms with Crippen LogP contribution in [-0.4, -0.2) is 37.1 Å². The van der Waals surface area contributed by atoms with Crippen molar-refractivity contribution in [2.75, 3.05) is 36.3 Å². The number of nitro groups is 1. The minimum atomic E-state index is -0.353. The van der Waals surface area contributed by atoms with Gasteiger partial charge in [0, 0.05) is 49.4 Å². The number of nitrogens with zero attached hydrogens (tertiary/aromatic N) is 2. The molecule has 0 aliphatic rings. The fourth-order valence-electron chi connectivity index (χ4n) is 1.96. The van der Waals surface area contributed by atoms with E-state index < -0.39 is 0 Å². The Morgan fingerprint density at radius 3 is 2.63 bits per heavy atom. The van der Waals surface area contributed by atoms with E-state index >= 15 is 0 Å². The first kappa shape index (κ1) is 15.6. The Hall–Kier alpha value is -1.43. The van der Waals surface area contributed by atoms with Gasteiger partial charge in [0.15, 0.2) is 0 Å². The maximum absolute atomic E-state index is 11.0. The molecule has 0 aliphatic heterocycles. The summed E-state index contributed by atoms with van der Waals surface area (Å²) in [4.78, 5) is 12.7. The molecule has 1 atom stereocenters. The Labute approximate surface area is 118 Å². The minimum Gasteiger partial charge on any atom is -0.388 e. The van der Waals surface area contributed by atoms with E-state index in [-0.39, 0.29) is 10.6 Å². The lowest BCUT2D eigenvalue weighted by molar-refractivity contribution is -0.384. The highest BCUT2D eigenvalue weighted by Gasteiger charge is 2.17. The molecule has 0 fully saturated rings. The number of thioether (sulfide) groups is 1. The smallest absolute Gasteiger partial charge is 0.273 e. The Morgan fingerprint density at radius 1 is 1.47 bits per heavy atom. The lowest BCUT2D eigenvalue weighted by atomic mass is 10.1. The number of benzene rings is 1. The molecule has 0 bridgehead atoms. The number of nitro benzene ring substituents is 1. The molecule has 1 N–H and O–H groups in total. The molecule has 1 aromatic rings. The van der Waals surface area contributed by atoms with E-state index in [0.717, 1.165) is 23.5 Å². The second-order valence-corrected chi connectivity index (χ2v) is 5.28. The maximum Gasteiger partial charge on any atom is 0.273 e. The zero-order valence-corrected chi connectivity index (χ0v) is 12.7. The summed E-state index contributed by atoms with van der Waals surface area (Å²) in [5.41, 5.74) is 1.75. The molecule has 0 radical (unpaired) electrons. The number of hydrogen-bond donors (Lipinski definition) is 1. The van der Waals surface area contributed by atoms with Crippen LogP contribution in [0.3, 0.4) is 0 Å². The Morgan fingerprint density at radius 2 is 2.16 bits per heavy atom. The van der Waals surface area contributed by atoms with Crippen LogP contribution in [0.25, 0.3) is 0 Å². The van der Waals surface area contributed by atoms with Crippen molar-refractivity contribution in [3.8, 4) is 0 Å². The largest absolute Gasteiger partial charge is 0.388 e. The van der Waals surface area contributed by atoms with Crippen molar-refractivity contribution in [1.82, 2.24) is 0 Å². The van der Waals surface area contributed by atoms with Gasteiger partial charge in [-0.1, -0.05) is 6.92 Å². The molecule has 6 heteroatoms. The molecule has 0 aliphatic carbocycles. The standard InChI is InChI=1S/C13H21N3O2S/c1-5-11(9-19-4)15(3)12-6-10(14-2)7-13(8-12)16(17)18/h6-8,11,14H,5,9H2,1-4H3. The number of non-ortho nitro benzene ring substituents is 1. The molecular formula is C13H21N3O2S. The molecule has 0 spiro atoms. The van der Waals surface area contributed by atoms with Gasteiger partial charge in [0.05, 0.1) is 4.92 Å². The topological polar surface area (TPSA) is 58.4 Å². The van der Waals surface area contributed by atoms with Gasteiger partial charge in [-0.05, 0) is 18.7 Å². The van der Waals surface area contributed by atoms with E-state index in [4.69, 9.17) is 0 Å². The van der Waals surface area contributed by atoms with E-state index in [1.807, 2.05) is 13.1 Å². The van der Waals surface area contributed by atoms with Gasteiger partial charge in [0.25, 0.3) is 5.69 Å². The molecule has 106 valence electrons. The molecule has 0 saturated carbocycles. The summed E-state index contributed by atoms with van der Waals surface area (Å²) in [7, 11) is 3.75. The molecule has 1 rings (SSSR count). The van der Waals surface area contributed by atoms with Crippen LogP contribution in [0.2, 0.25) is 0 Å². The van der Waals surface area contributed by atoms with Crippen molar-refractivity contribution in [2.45, 2.75) is 19.4 Å². The van der Waals surface area contributed by atoms with Gasteiger partial charge in [0.1, 0.15) is 0 Å². The molecule has 0 aromatic heterocycles. The fourth-order valence-corrected chi connectivity index (χ4v) is 2.80. The predicted molar refractivity (Wildman–Crippen MR) is 83.5 cm³/mol. The van der Waals surface area contributed by atoms with Gasteiger partial charge in [-0.2, -0.15) is 11.8 Å². The zero-order chi connectivity index (χ0) is 14.4. The Bertz CT molecular complexity index is 440. The summed E-state index contributed by atoms with van der Waals surface area (Å²) in [6.45, 7) is 2.13. The van der Waals surface area contributed by atoms with Crippen molar-refractivity contribution < 1.29 is 4.92 Å². The van der Waals surface area contributed by atoms with Crippen LogP contribution >= 0.6 is 11.8 Å². The van der Waals surface area contributed by atoms with E-state index in [1.165, 1.54) is 0 Å². The van der Waals surface area contributed by atoms with E-state index in [0.29, 0.717) is 6.04 Å². The van der Waals surface area contributed by atoms with Crippen LogP contribution in [0.1, 0.15) is 13.3 Å². The minimum absolute atomic E-state index is 0.118. The molecule has 1 aromatic carbocycles. The van der Waals surface area contributed by atoms with Crippen LogP contribution in [0, 0.1) is 10.1 Å². The first-order chi connectivity index (χ1) is 9.03.